The average Bonchev–Trinajstić information content (AvgIpc) is 2.52. The topological polar surface area (TPSA) is 33.0 Å². The molecule has 0 aromatic heterocycles. The molecule has 1 atom stereocenters. The van der Waals surface area contributed by atoms with Crippen molar-refractivity contribution in [2.45, 2.75) is 19.8 Å². The van der Waals surface area contributed by atoms with Crippen molar-refractivity contribution in [1.29, 1.82) is 5.26 Å². The minimum atomic E-state index is 0.514. The fraction of sp³-hybridized carbons (Fsp3) is 0.667. The molecule has 1 heterocycles. The zero-order chi connectivity index (χ0) is 8.10. The molecule has 2 heteroatoms. The molecule has 0 aromatic rings. The van der Waals surface area contributed by atoms with Crippen LogP contribution in [0.3, 0.4) is 0 Å². The van der Waals surface area contributed by atoms with Crippen LogP contribution >= 0.6 is 0 Å². The van der Waals surface area contributed by atoms with Gasteiger partial charge >= 0.3 is 0 Å². The third-order valence-corrected chi connectivity index (χ3v) is 2.11. The van der Waals surface area contributed by atoms with Gasteiger partial charge < -0.3 is 4.74 Å². The van der Waals surface area contributed by atoms with E-state index in [1.807, 2.05) is 0 Å². The number of ether oxygens (including phenoxy) is 1. The highest BCUT2D eigenvalue weighted by Crippen LogP contribution is 2.23. The fourth-order valence-electron chi connectivity index (χ4n) is 1.42. The molecule has 1 aliphatic rings. The molecule has 0 N–H and O–H groups in total. The fourth-order valence-corrected chi connectivity index (χ4v) is 1.42. The van der Waals surface area contributed by atoms with Gasteiger partial charge in [-0.2, -0.15) is 5.26 Å². The van der Waals surface area contributed by atoms with Gasteiger partial charge in [-0.05, 0) is 12.8 Å². The van der Waals surface area contributed by atoms with Crippen molar-refractivity contribution >= 4 is 0 Å². The second-order valence-corrected chi connectivity index (χ2v) is 2.76. The second-order valence-electron chi connectivity index (χ2n) is 2.76. The average molecular weight is 151 g/mol. The predicted molar refractivity (Wildman–Crippen MR) is 42.9 cm³/mol. The Balaban J connectivity index is 2.55. The van der Waals surface area contributed by atoms with Gasteiger partial charge in [0.05, 0.1) is 12.7 Å². The van der Waals surface area contributed by atoms with Crippen LogP contribution in [0.15, 0.2) is 11.6 Å². The lowest BCUT2D eigenvalue weighted by molar-refractivity contribution is 0.190. The van der Waals surface area contributed by atoms with E-state index in [1.54, 1.807) is 6.08 Å². The summed E-state index contributed by atoms with van der Waals surface area (Å²) in [6.45, 7) is 3.75. The molecular weight excluding hydrogens is 138 g/mol. The van der Waals surface area contributed by atoms with Crippen LogP contribution in [0.2, 0.25) is 0 Å². The van der Waals surface area contributed by atoms with Crippen LogP contribution in [0.4, 0.5) is 0 Å². The van der Waals surface area contributed by atoms with E-state index in [-0.39, 0.29) is 0 Å². The number of allylic oxidation sites excluding steroid dienone is 1. The van der Waals surface area contributed by atoms with Crippen molar-refractivity contribution in [2.75, 3.05) is 13.2 Å². The Hall–Kier alpha value is -0.810. The second kappa shape index (κ2) is 4.15. The molecule has 1 aliphatic heterocycles. The van der Waals surface area contributed by atoms with Gasteiger partial charge in [0, 0.05) is 18.6 Å². The van der Waals surface area contributed by atoms with Crippen molar-refractivity contribution < 1.29 is 4.74 Å². The summed E-state index contributed by atoms with van der Waals surface area (Å²) in [7, 11) is 0. The molecule has 0 amide bonds. The maximum Gasteiger partial charge on any atom is 0.0911 e. The molecule has 2 nitrogen and oxygen atoms in total. The van der Waals surface area contributed by atoms with Crippen LogP contribution in [0.1, 0.15) is 19.8 Å². The first-order valence-electron chi connectivity index (χ1n) is 4.04. The van der Waals surface area contributed by atoms with E-state index in [2.05, 4.69) is 13.0 Å². The lowest BCUT2D eigenvalue weighted by Gasteiger charge is -2.08. The summed E-state index contributed by atoms with van der Waals surface area (Å²) in [6.07, 6.45) is 3.72. The summed E-state index contributed by atoms with van der Waals surface area (Å²) in [5.74, 6) is 0.514. The monoisotopic (exact) mass is 151 g/mol. The zero-order valence-electron chi connectivity index (χ0n) is 6.84. The first-order chi connectivity index (χ1) is 5.38. The largest absolute Gasteiger partial charge is 0.381 e. The van der Waals surface area contributed by atoms with E-state index in [1.165, 1.54) is 5.57 Å². The molecule has 0 radical (unpaired) electrons. The van der Waals surface area contributed by atoms with Gasteiger partial charge in [-0.25, -0.2) is 0 Å². The Kier molecular flexibility index (Phi) is 3.13. The smallest absolute Gasteiger partial charge is 0.0911 e. The molecule has 1 fully saturated rings. The molecular formula is C9H13NO. The van der Waals surface area contributed by atoms with Crippen molar-refractivity contribution in [1.82, 2.24) is 0 Å². The van der Waals surface area contributed by atoms with Gasteiger partial charge in [-0.3, -0.25) is 0 Å². The van der Waals surface area contributed by atoms with E-state index >= 15 is 0 Å². The normalized spacial score (nSPS) is 25.1. The third-order valence-electron chi connectivity index (χ3n) is 2.11. The minimum Gasteiger partial charge on any atom is -0.381 e. The molecule has 0 aromatic carbocycles. The van der Waals surface area contributed by atoms with Crippen LogP contribution in [-0.2, 0) is 4.74 Å². The number of rotatable bonds is 2. The highest BCUT2D eigenvalue weighted by atomic mass is 16.5. The van der Waals surface area contributed by atoms with Gasteiger partial charge in [0.15, 0.2) is 0 Å². The van der Waals surface area contributed by atoms with Crippen LogP contribution in [-0.4, -0.2) is 13.2 Å². The molecule has 1 unspecified atom stereocenters. The Labute approximate surface area is 67.5 Å². The van der Waals surface area contributed by atoms with Gasteiger partial charge in [-0.1, -0.05) is 12.5 Å². The molecule has 0 saturated carbocycles. The molecule has 0 aliphatic carbocycles. The Morgan fingerprint density at radius 3 is 3.09 bits per heavy atom. The van der Waals surface area contributed by atoms with Gasteiger partial charge in [0.2, 0.25) is 0 Å². The highest BCUT2D eigenvalue weighted by molar-refractivity contribution is 5.16. The van der Waals surface area contributed by atoms with E-state index in [4.69, 9.17) is 10.00 Å². The molecule has 1 saturated heterocycles. The first kappa shape index (κ1) is 8.29. The number of hydrogen-bond donors (Lipinski definition) is 0. The number of nitriles is 1. The minimum absolute atomic E-state index is 0.514. The standard InChI is InChI=1S/C9H13NO/c1-2-8(3-5-10)9-4-6-11-7-9/h3,9H,2,4,6-7H2,1H3/b8-3+. The first-order valence-corrected chi connectivity index (χ1v) is 4.04. The van der Waals surface area contributed by atoms with E-state index in [0.29, 0.717) is 5.92 Å². The summed E-state index contributed by atoms with van der Waals surface area (Å²) in [5, 5.41) is 8.46. The van der Waals surface area contributed by atoms with Crippen molar-refractivity contribution in [3.63, 3.8) is 0 Å². The van der Waals surface area contributed by atoms with E-state index in [9.17, 15) is 0 Å². The summed E-state index contributed by atoms with van der Waals surface area (Å²) in [5.41, 5.74) is 1.24. The number of hydrogen-bond acceptors (Lipinski definition) is 2. The van der Waals surface area contributed by atoms with Gasteiger partial charge in [-0.15, -0.1) is 0 Å². The third kappa shape index (κ3) is 2.06. The van der Waals surface area contributed by atoms with Crippen LogP contribution in [0.5, 0.6) is 0 Å². The number of nitrogens with zero attached hydrogens (tertiary/aromatic N) is 1. The summed E-state index contributed by atoms with van der Waals surface area (Å²) >= 11 is 0. The quantitative estimate of drug-likeness (QED) is 0.564. The highest BCUT2D eigenvalue weighted by Gasteiger charge is 2.18. The zero-order valence-corrected chi connectivity index (χ0v) is 6.84. The molecule has 1 rings (SSSR count). The van der Waals surface area contributed by atoms with Gasteiger partial charge in [0.1, 0.15) is 0 Å². The van der Waals surface area contributed by atoms with Crippen LogP contribution in [0, 0.1) is 17.2 Å². The van der Waals surface area contributed by atoms with E-state index < -0.39 is 0 Å². The molecule has 0 spiro atoms. The Morgan fingerprint density at radius 1 is 1.82 bits per heavy atom. The van der Waals surface area contributed by atoms with E-state index in [0.717, 1.165) is 26.1 Å². The van der Waals surface area contributed by atoms with Crippen molar-refractivity contribution in [2.24, 2.45) is 5.92 Å². The lowest BCUT2D eigenvalue weighted by atomic mass is 9.96. The summed E-state index contributed by atoms with van der Waals surface area (Å²) in [4.78, 5) is 0. The summed E-state index contributed by atoms with van der Waals surface area (Å²) < 4.78 is 5.24. The van der Waals surface area contributed by atoms with Crippen molar-refractivity contribution in [3.8, 4) is 6.07 Å². The van der Waals surface area contributed by atoms with Crippen LogP contribution < -0.4 is 0 Å². The SMILES string of the molecule is CC/C(=C\C#N)C1CCOC1. The van der Waals surface area contributed by atoms with Crippen LogP contribution in [0.25, 0.3) is 0 Å². The maximum atomic E-state index is 8.46. The van der Waals surface area contributed by atoms with Crippen molar-refractivity contribution in [3.05, 3.63) is 11.6 Å². The summed E-state index contributed by atoms with van der Waals surface area (Å²) in [6, 6.07) is 2.08. The lowest BCUT2D eigenvalue weighted by Crippen LogP contribution is -2.02. The Morgan fingerprint density at radius 2 is 2.64 bits per heavy atom. The maximum absolute atomic E-state index is 8.46. The van der Waals surface area contributed by atoms with Gasteiger partial charge in [0.25, 0.3) is 0 Å². The Bertz CT molecular complexity index is 184. The predicted octanol–water partition coefficient (Wildman–Crippen LogP) is 1.88. The molecule has 0 bridgehead atoms. The molecule has 60 valence electrons. The molecule has 11 heavy (non-hydrogen) atoms.